The van der Waals surface area contributed by atoms with Crippen LogP contribution in [0.15, 0.2) is 53.9 Å². The summed E-state index contributed by atoms with van der Waals surface area (Å²) in [7, 11) is 0. The van der Waals surface area contributed by atoms with Crippen LogP contribution in [0, 0.1) is 5.82 Å². The van der Waals surface area contributed by atoms with E-state index in [-0.39, 0.29) is 16.7 Å². The summed E-state index contributed by atoms with van der Waals surface area (Å²) >= 11 is 6.89. The SMILES string of the molecule is O=C(Nc1nc(C(=O)Nc2cccc(F)c2)cs1)c1ccc(Cl)cc1. The Kier molecular flexibility index (Phi) is 5.06. The minimum atomic E-state index is -0.492. The molecule has 0 saturated carbocycles. The third-order valence-electron chi connectivity index (χ3n) is 3.15. The van der Waals surface area contributed by atoms with Gasteiger partial charge in [0.15, 0.2) is 5.13 Å². The molecule has 2 amide bonds. The van der Waals surface area contributed by atoms with Crippen LogP contribution in [0.1, 0.15) is 20.8 Å². The Bertz CT molecular complexity index is 928. The molecule has 3 aromatic rings. The molecular weight excluding hydrogens is 365 g/mol. The minimum Gasteiger partial charge on any atom is -0.321 e. The van der Waals surface area contributed by atoms with Crippen LogP contribution in [0.4, 0.5) is 15.2 Å². The Hall–Kier alpha value is -2.77. The predicted octanol–water partition coefficient (Wildman–Crippen LogP) is 4.44. The van der Waals surface area contributed by atoms with Gasteiger partial charge in [0.2, 0.25) is 0 Å². The Labute approximate surface area is 151 Å². The highest BCUT2D eigenvalue weighted by molar-refractivity contribution is 7.14. The molecule has 1 heterocycles. The molecule has 0 saturated heterocycles. The van der Waals surface area contributed by atoms with Crippen LogP contribution in [0.5, 0.6) is 0 Å². The average molecular weight is 376 g/mol. The van der Waals surface area contributed by atoms with Crippen LogP contribution >= 0.6 is 22.9 Å². The third kappa shape index (κ3) is 4.40. The van der Waals surface area contributed by atoms with Crippen LogP contribution < -0.4 is 10.6 Å². The highest BCUT2D eigenvalue weighted by Crippen LogP contribution is 2.19. The molecule has 0 spiro atoms. The van der Waals surface area contributed by atoms with Crippen molar-refractivity contribution in [3.8, 4) is 0 Å². The molecule has 0 fully saturated rings. The highest BCUT2D eigenvalue weighted by atomic mass is 35.5. The van der Waals surface area contributed by atoms with Crippen molar-refractivity contribution in [3.05, 3.63) is 76.0 Å². The van der Waals surface area contributed by atoms with E-state index in [2.05, 4.69) is 15.6 Å². The second-order valence-corrected chi connectivity index (χ2v) is 6.26. The average Bonchev–Trinajstić information content (AvgIpc) is 3.04. The Morgan fingerprint density at radius 3 is 2.52 bits per heavy atom. The van der Waals surface area contributed by atoms with Gasteiger partial charge in [-0.25, -0.2) is 9.37 Å². The number of anilines is 2. The van der Waals surface area contributed by atoms with Gasteiger partial charge in [-0.05, 0) is 42.5 Å². The van der Waals surface area contributed by atoms with Crippen molar-refractivity contribution in [2.24, 2.45) is 0 Å². The van der Waals surface area contributed by atoms with Gasteiger partial charge < -0.3 is 5.32 Å². The third-order valence-corrected chi connectivity index (χ3v) is 4.16. The fourth-order valence-corrected chi connectivity index (χ4v) is 2.78. The zero-order chi connectivity index (χ0) is 17.8. The van der Waals surface area contributed by atoms with Gasteiger partial charge in [-0.15, -0.1) is 11.3 Å². The summed E-state index contributed by atoms with van der Waals surface area (Å²) < 4.78 is 13.1. The number of nitrogens with zero attached hydrogens (tertiary/aromatic N) is 1. The maximum atomic E-state index is 13.1. The number of rotatable bonds is 4. The van der Waals surface area contributed by atoms with Crippen molar-refractivity contribution in [1.82, 2.24) is 4.98 Å². The van der Waals surface area contributed by atoms with Crippen LogP contribution in [-0.2, 0) is 0 Å². The lowest BCUT2D eigenvalue weighted by molar-refractivity contribution is 0.101. The molecule has 2 aromatic carbocycles. The van der Waals surface area contributed by atoms with Gasteiger partial charge in [0.1, 0.15) is 11.5 Å². The number of carbonyl (C=O) groups is 2. The lowest BCUT2D eigenvalue weighted by Gasteiger charge is -2.03. The van der Waals surface area contributed by atoms with E-state index < -0.39 is 11.7 Å². The van der Waals surface area contributed by atoms with Crippen molar-refractivity contribution < 1.29 is 14.0 Å². The molecule has 0 aliphatic heterocycles. The van der Waals surface area contributed by atoms with E-state index in [1.807, 2.05) is 0 Å². The number of hydrogen-bond donors (Lipinski definition) is 2. The fraction of sp³-hybridized carbons (Fsp3) is 0. The standard InChI is InChI=1S/C17H11ClFN3O2S/c18-11-6-4-10(5-7-11)15(23)22-17-21-14(9-25-17)16(24)20-13-3-1-2-12(19)8-13/h1-9H,(H,20,24)(H,21,22,23). The molecule has 0 unspecified atom stereocenters. The molecule has 3 rings (SSSR count). The van der Waals surface area contributed by atoms with Gasteiger partial charge in [0.25, 0.3) is 11.8 Å². The summed E-state index contributed by atoms with van der Waals surface area (Å²) in [6, 6.07) is 11.9. The van der Waals surface area contributed by atoms with Crippen molar-refractivity contribution in [3.63, 3.8) is 0 Å². The van der Waals surface area contributed by atoms with E-state index >= 15 is 0 Å². The van der Waals surface area contributed by atoms with E-state index in [9.17, 15) is 14.0 Å². The van der Waals surface area contributed by atoms with Crippen molar-refractivity contribution in [2.75, 3.05) is 10.6 Å². The van der Waals surface area contributed by atoms with Gasteiger partial charge in [0.05, 0.1) is 0 Å². The predicted molar refractivity (Wildman–Crippen MR) is 95.9 cm³/mol. The van der Waals surface area contributed by atoms with Gasteiger partial charge in [0, 0.05) is 21.7 Å². The van der Waals surface area contributed by atoms with Crippen molar-refractivity contribution in [1.29, 1.82) is 0 Å². The number of amides is 2. The Morgan fingerprint density at radius 1 is 1.04 bits per heavy atom. The van der Waals surface area contributed by atoms with E-state index in [0.29, 0.717) is 16.3 Å². The van der Waals surface area contributed by atoms with Gasteiger partial charge in [-0.2, -0.15) is 0 Å². The number of carbonyl (C=O) groups excluding carboxylic acids is 2. The summed E-state index contributed by atoms with van der Waals surface area (Å²) in [5.74, 6) is -1.30. The zero-order valence-electron chi connectivity index (χ0n) is 12.6. The monoisotopic (exact) mass is 375 g/mol. The number of aromatic nitrogens is 1. The Balaban J connectivity index is 1.66. The van der Waals surface area contributed by atoms with Crippen LogP contribution in [-0.4, -0.2) is 16.8 Å². The number of nitrogens with one attached hydrogen (secondary N) is 2. The first-order chi connectivity index (χ1) is 12.0. The van der Waals surface area contributed by atoms with Crippen molar-refractivity contribution >= 4 is 45.6 Å². The molecule has 126 valence electrons. The van der Waals surface area contributed by atoms with E-state index in [1.165, 1.54) is 23.6 Å². The molecule has 25 heavy (non-hydrogen) atoms. The molecule has 0 atom stereocenters. The molecule has 8 heteroatoms. The normalized spacial score (nSPS) is 10.3. The fourth-order valence-electron chi connectivity index (χ4n) is 1.97. The smallest absolute Gasteiger partial charge is 0.275 e. The topological polar surface area (TPSA) is 71.1 Å². The maximum Gasteiger partial charge on any atom is 0.275 e. The number of thiazole rings is 1. The maximum absolute atomic E-state index is 13.1. The summed E-state index contributed by atoms with van der Waals surface area (Å²) in [6.07, 6.45) is 0. The number of halogens is 2. The van der Waals surface area contributed by atoms with Crippen molar-refractivity contribution in [2.45, 2.75) is 0 Å². The first kappa shape index (κ1) is 17.1. The summed E-state index contributed by atoms with van der Waals surface area (Å²) in [6.45, 7) is 0. The first-order valence-corrected chi connectivity index (χ1v) is 8.36. The summed E-state index contributed by atoms with van der Waals surface area (Å²) in [4.78, 5) is 28.3. The van der Waals surface area contributed by atoms with E-state index in [1.54, 1.807) is 30.3 Å². The quantitative estimate of drug-likeness (QED) is 0.708. The molecule has 2 N–H and O–H groups in total. The second-order valence-electron chi connectivity index (χ2n) is 4.96. The lowest BCUT2D eigenvalue weighted by Crippen LogP contribution is -2.14. The first-order valence-electron chi connectivity index (χ1n) is 7.10. The van der Waals surface area contributed by atoms with Crippen LogP contribution in [0.2, 0.25) is 5.02 Å². The molecular formula is C17H11ClFN3O2S. The zero-order valence-corrected chi connectivity index (χ0v) is 14.2. The summed E-state index contributed by atoms with van der Waals surface area (Å²) in [5.41, 5.74) is 0.871. The molecule has 0 radical (unpaired) electrons. The van der Waals surface area contributed by atoms with E-state index in [0.717, 1.165) is 11.3 Å². The molecule has 5 nitrogen and oxygen atoms in total. The Morgan fingerprint density at radius 2 is 1.80 bits per heavy atom. The van der Waals surface area contributed by atoms with E-state index in [4.69, 9.17) is 11.6 Å². The minimum absolute atomic E-state index is 0.126. The number of hydrogen-bond acceptors (Lipinski definition) is 4. The lowest BCUT2D eigenvalue weighted by atomic mass is 10.2. The second kappa shape index (κ2) is 7.42. The highest BCUT2D eigenvalue weighted by Gasteiger charge is 2.14. The van der Waals surface area contributed by atoms with Gasteiger partial charge in [-0.1, -0.05) is 17.7 Å². The molecule has 0 aliphatic carbocycles. The number of benzene rings is 2. The molecule has 0 bridgehead atoms. The molecule has 1 aromatic heterocycles. The van der Waals surface area contributed by atoms with Crippen LogP contribution in [0.25, 0.3) is 0 Å². The van der Waals surface area contributed by atoms with Gasteiger partial charge in [-0.3, -0.25) is 14.9 Å². The summed E-state index contributed by atoms with van der Waals surface area (Å²) in [5, 5.41) is 7.47. The largest absolute Gasteiger partial charge is 0.321 e. The molecule has 0 aliphatic rings. The van der Waals surface area contributed by atoms with Gasteiger partial charge >= 0.3 is 0 Å². The van der Waals surface area contributed by atoms with Crippen LogP contribution in [0.3, 0.4) is 0 Å².